The van der Waals surface area contributed by atoms with Crippen molar-refractivity contribution in [3.05, 3.63) is 11.7 Å². The van der Waals surface area contributed by atoms with Crippen molar-refractivity contribution in [1.82, 2.24) is 25.3 Å². The summed E-state index contributed by atoms with van der Waals surface area (Å²) in [5, 5.41) is 6.67. The van der Waals surface area contributed by atoms with Crippen molar-refractivity contribution in [3.8, 4) is 0 Å². The molecule has 2 rings (SSSR count). The lowest BCUT2D eigenvalue weighted by Gasteiger charge is -2.37. The minimum atomic E-state index is -0.434. The highest BCUT2D eigenvalue weighted by molar-refractivity contribution is 5.87. The Balaban J connectivity index is 1.81. The molecule has 0 unspecified atom stereocenters. The monoisotopic (exact) mass is 309 g/mol. The Morgan fingerprint density at radius 1 is 1.45 bits per heavy atom. The molecule has 0 spiro atoms. The maximum atomic E-state index is 12.1. The van der Waals surface area contributed by atoms with Crippen LogP contribution in [0.4, 0.5) is 4.79 Å². The third-order valence-electron chi connectivity index (χ3n) is 3.74. The maximum Gasteiger partial charge on any atom is 0.318 e. The molecular formula is C14H23N5O3. The third kappa shape index (κ3) is 3.55. The predicted molar refractivity (Wildman–Crippen MR) is 79.3 cm³/mol. The number of amides is 3. The summed E-state index contributed by atoms with van der Waals surface area (Å²) >= 11 is 0. The molecule has 1 fully saturated rings. The lowest BCUT2D eigenvalue weighted by atomic mass is 10.2. The number of rotatable bonds is 4. The molecule has 0 aromatic carbocycles. The Hall–Kier alpha value is -2.12. The van der Waals surface area contributed by atoms with E-state index in [1.807, 2.05) is 13.8 Å². The highest BCUT2D eigenvalue weighted by atomic mass is 16.5. The topological polar surface area (TPSA) is 91.6 Å². The summed E-state index contributed by atoms with van der Waals surface area (Å²) in [6.07, 6.45) is 0.498. The van der Waals surface area contributed by atoms with E-state index in [0.29, 0.717) is 37.8 Å². The van der Waals surface area contributed by atoms with Gasteiger partial charge in [-0.25, -0.2) is 4.79 Å². The van der Waals surface area contributed by atoms with Gasteiger partial charge in [0.2, 0.25) is 11.8 Å². The molecule has 0 radical (unpaired) electrons. The maximum absolute atomic E-state index is 12.1. The number of piperazine rings is 1. The van der Waals surface area contributed by atoms with Crippen LogP contribution in [0.15, 0.2) is 4.52 Å². The first-order chi connectivity index (χ1) is 10.4. The Bertz CT molecular complexity index is 542. The second-order valence-corrected chi connectivity index (χ2v) is 5.81. The minimum absolute atomic E-state index is 0.0406. The standard InChI is InChI=1S/C14H23N5O3/c1-9(2)12-16-11(17-22-12)5-6-15-14(21)19-8-7-18(4)13(20)10(19)3/h9-10H,5-8H2,1-4H3,(H,15,21)/t10-/m1/s1. The Labute approximate surface area is 129 Å². The zero-order chi connectivity index (χ0) is 16.3. The summed E-state index contributed by atoms with van der Waals surface area (Å²) in [5.41, 5.74) is 0. The molecule has 122 valence electrons. The van der Waals surface area contributed by atoms with Crippen LogP contribution in [0.1, 0.15) is 38.4 Å². The molecule has 0 saturated carbocycles. The fourth-order valence-corrected chi connectivity index (χ4v) is 2.28. The predicted octanol–water partition coefficient (Wildman–Crippen LogP) is 0.608. The van der Waals surface area contributed by atoms with E-state index in [-0.39, 0.29) is 17.9 Å². The molecule has 22 heavy (non-hydrogen) atoms. The van der Waals surface area contributed by atoms with E-state index in [1.54, 1.807) is 23.8 Å². The van der Waals surface area contributed by atoms with Crippen molar-refractivity contribution < 1.29 is 14.1 Å². The van der Waals surface area contributed by atoms with E-state index in [1.165, 1.54) is 0 Å². The fourth-order valence-electron chi connectivity index (χ4n) is 2.28. The van der Waals surface area contributed by atoms with E-state index < -0.39 is 6.04 Å². The summed E-state index contributed by atoms with van der Waals surface area (Å²) in [5.74, 6) is 1.32. The largest absolute Gasteiger partial charge is 0.342 e. The molecule has 0 bridgehead atoms. The van der Waals surface area contributed by atoms with Crippen LogP contribution in [-0.4, -0.2) is 64.6 Å². The molecule has 1 aromatic heterocycles. The summed E-state index contributed by atoms with van der Waals surface area (Å²) in [6, 6.07) is -0.669. The number of carbonyl (C=O) groups excluding carboxylic acids is 2. The average molecular weight is 309 g/mol. The van der Waals surface area contributed by atoms with E-state index in [0.717, 1.165) is 0 Å². The summed E-state index contributed by atoms with van der Waals surface area (Å²) in [4.78, 5) is 31.5. The van der Waals surface area contributed by atoms with Crippen molar-refractivity contribution in [3.63, 3.8) is 0 Å². The van der Waals surface area contributed by atoms with E-state index in [9.17, 15) is 9.59 Å². The van der Waals surface area contributed by atoms with Gasteiger partial charge < -0.3 is 19.6 Å². The summed E-state index contributed by atoms with van der Waals surface area (Å²) < 4.78 is 5.11. The van der Waals surface area contributed by atoms with Gasteiger partial charge in [0.15, 0.2) is 5.82 Å². The highest BCUT2D eigenvalue weighted by Gasteiger charge is 2.32. The average Bonchev–Trinajstić information content (AvgIpc) is 2.94. The van der Waals surface area contributed by atoms with Gasteiger partial charge >= 0.3 is 6.03 Å². The van der Waals surface area contributed by atoms with Crippen LogP contribution in [0.2, 0.25) is 0 Å². The molecule has 3 amide bonds. The lowest BCUT2D eigenvalue weighted by Crippen LogP contribution is -2.58. The second-order valence-electron chi connectivity index (χ2n) is 5.81. The Kier molecular flexibility index (Phi) is 4.99. The molecule has 1 aliphatic heterocycles. The lowest BCUT2D eigenvalue weighted by molar-refractivity contribution is -0.137. The molecule has 1 atom stereocenters. The Morgan fingerprint density at radius 2 is 2.18 bits per heavy atom. The van der Waals surface area contributed by atoms with Gasteiger partial charge in [-0.15, -0.1) is 0 Å². The van der Waals surface area contributed by atoms with Crippen LogP contribution in [0.5, 0.6) is 0 Å². The molecule has 8 heteroatoms. The second kappa shape index (κ2) is 6.76. The smallest absolute Gasteiger partial charge is 0.318 e. The van der Waals surface area contributed by atoms with Crippen molar-refractivity contribution >= 4 is 11.9 Å². The molecule has 1 aliphatic rings. The molecule has 0 aliphatic carbocycles. The number of likely N-dealkylation sites (N-methyl/N-ethyl adjacent to an activating group) is 1. The first-order valence-corrected chi connectivity index (χ1v) is 7.52. The van der Waals surface area contributed by atoms with E-state index >= 15 is 0 Å². The number of urea groups is 1. The van der Waals surface area contributed by atoms with Crippen LogP contribution in [-0.2, 0) is 11.2 Å². The number of hydrogen-bond donors (Lipinski definition) is 1. The van der Waals surface area contributed by atoms with Crippen LogP contribution < -0.4 is 5.32 Å². The van der Waals surface area contributed by atoms with Crippen molar-refractivity contribution in [2.45, 2.75) is 39.2 Å². The van der Waals surface area contributed by atoms with Gasteiger partial charge in [-0.1, -0.05) is 19.0 Å². The van der Waals surface area contributed by atoms with E-state index in [4.69, 9.17) is 4.52 Å². The molecular weight excluding hydrogens is 286 g/mol. The number of nitrogens with one attached hydrogen (secondary N) is 1. The van der Waals surface area contributed by atoms with Gasteiger partial charge in [0.1, 0.15) is 6.04 Å². The molecule has 1 saturated heterocycles. The normalized spacial score (nSPS) is 19.0. The van der Waals surface area contributed by atoms with Gasteiger partial charge in [0.25, 0.3) is 0 Å². The third-order valence-corrected chi connectivity index (χ3v) is 3.74. The number of aromatic nitrogens is 2. The van der Waals surface area contributed by atoms with Gasteiger partial charge in [-0.2, -0.15) is 4.98 Å². The first kappa shape index (κ1) is 16.3. The van der Waals surface area contributed by atoms with Gasteiger partial charge in [-0.3, -0.25) is 4.79 Å². The quantitative estimate of drug-likeness (QED) is 0.879. The fraction of sp³-hybridized carbons (Fsp3) is 0.714. The summed E-state index contributed by atoms with van der Waals surface area (Å²) in [6.45, 7) is 7.19. The molecule has 1 N–H and O–H groups in total. The number of nitrogens with zero attached hydrogens (tertiary/aromatic N) is 4. The van der Waals surface area contributed by atoms with Crippen LogP contribution in [0, 0.1) is 0 Å². The molecule has 2 heterocycles. The number of hydrogen-bond acceptors (Lipinski definition) is 5. The minimum Gasteiger partial charge on any atom is -0.342 e. The van der Waals surface area contributed by atoms with Crippen LogP contribution in [0.25, 0.3) is 0 Å². The molecule has 1 aromatic rings. The molecule has 8 nitrogen and oxygen atoms in total. The van der Waals surface area contributed by atoms with Gasteiger partial charge in [0.05, 0.1) is 0 Å². The van der Waals surface area contributed by atoms with Crippen LogP contribution in [0.3, 0.4) is 0 Å². The zero-order valence-corrected chi connectivity index (χ0v) is 13.5. The van der Waals surface area contributed by atoms with Gasteiger partial charge in [-0.05, 0) is 6.92 Å². The van der Waals surface area contributed by atoms with Crippen molar-refractivity contribution in [1.29, 1.82) is 0 Å². The summed E-state index contributed by atoms with van der Waals surface area (Å²) in [7, 11) is 1.75. The van der Waals surface area contributed by atoms with Crippen LogP contribution >= 0.6 is 0 Å². The van der Waals surface area contributed by atoms with E-state index in [2.05, 4.69) is 15.5 Å². The first-order valence-electron chi connectivity index (χ1n) is 7.52. The highest BCUT2D eigenvalue weighted by Crippen LogP contribution is 2.11. The van der Waals surface area contributed by atoms with Crippen molar-refractivity contribution in [2.24, 2.45) is 0 Å². The Morgan fingerprint density at radius 3 is 2.82 bits per heavy atom. The van der Waals surface area contributed by atoms with Crippen molar-refractivity contribution in [2.75, 3.05) is 26.7 Å². The number of carbonyl (C=O) groups is 2. The zero-order valence-electron chi connectivity index (χ0n) is 13.5. The van der Waals surface area contributed by atoms with Gasteiger partial charge in [0, 0.05) is 39.0 Å². The SMILES string of the molecule is CC(C)c1nc(CCNC(=O)N2CCN(C)C(=O)[C@H]2C)no1.